The van der Waals surface area contributed by atoms with E-state index in [0.29, 0.717) is 16.9 Å². The van der Waals surface area contributed by atoms with Crippen molar-refractivity contribution in [1.82, 2.24) is 9.97 Å². The first-order chi connectivity index (χ1) is 13.6. The summed E-state index contributed by atoms with van der Waals surface area (Å²) in [6.07, 6.45) is 4.70. The summed E-state index contributed by atoms with van der Waals surface area (Å²) in [5.41, 5.74) is 0.956. The maximum absolute atomic E-state index is 13.3. The van der Waals surface area contributed by atoms with Crippen LogP contribution in [0.2, 0.25) is 0 Å². The average Bonchev–Trinajstić information content (AvgIpc) is 2.99. The zero-order chi connectivity index (χ0) is 19.7. The van der Waals surface area contributed by atoms with Crippen molar-refractivity contribution in [3.63, 3.8) is 0 Å². The molecule has 0 spiro atoms. The van der Waals surface area contributed by atoms with Crippen LogP contribution < -0.4 is 4.90 Å². The van der Waals surface area contributed by atoms with E-state index in [4.69, 9.17) is 0 Å². The van der Waals surface area contributed by atoms with E-state index in [1.807, 2.05) is 0 Å². The van der Waals surface area contributed by atoms with E-state index in [0.717, 1.165) is 4.47 Å². The second kappa shape index (κ2) is 7.44. The number of benzene rings is 1. The van der Waals surface area contributed by atoms with Crippen LogP contribution in [-0.4, -0.2) is 27.4 Å². The molecule has 2 atom stereocenters. The van der Waals surface area contributed by atoms with Crippen LogP contribution in [0.4, 0.5) is 5.82 Å². The third kappa shape index (κ3) is 3.14. The maximum Gasteiger partial charge on any atom is 0.297 e. The predicted molar refractivity (Wildman–Crippen MR) is 106 cm³/mol. The van der Waals surface area contributed by atoms with Crippen LogP contribution in [-0.2, 0) is 9.59 Å². The number of aromatic nitrogens is 2. The summed E-state index contributed by atoms with van der Waals surface area (Å²) in [6, 6.07) is 14.5. The Morgan fingerprint density at radius 2 is 1.86 bits per heavy atom. The lowest BCUT2D eigenvalue weighted by Gasteiger charge is -2.26. The number of rotatable bonds is 4. The second-order valence-corrected chi connectivity index (χ2v) is 7.23. The van der Waals surface area contributed by atoms with Crippen molar-refractivity contribution in [2.45, 2.75) is 6.04 Å². The van der Waals surface area contributed by atoms with Crippen molar-refractivity contribution in [3.8, 4) is 0 Å². The fourth-order valence-electron chi connectivity index (χ4n) is 3.39. The van der Waals surface area contributed by atoms with Crippen molar-refractivity contribution in [1.29, 1.82) is 0 Å². The van der Waals surface area contributed by atoms with E-state index >= 15 is 0 Å². The van der Waals surface area contributed by atoms with Gasteiger partial charge in [-0.15, -0.1) is 0 Å². The lowest BCUT2D eigenvalue weighted by atomic mass is 9.87. The molecule has 2 aromatic heterocycles. The van der Waals surface area contributed by atoms with Gasteiger partial charge in [0.05, 0.1) is 6.04 Å². The zero-order valence-electron chi connectivity index (χ0n) is 14.5. The number of amides is 1. The highest BCUT2D eigenvalue weighted by Crippen LogP contribution is 2.40. The molecule has 6 nitrogen and oxygen atoms in total. The Hall–Kier alpha value is -3.19. The van der Waals surface area contributed by atoms with Gasteiger partial charge in [-0.25, -0.2) is 4.98 Å². The van der Waals surface area contributed by atoms with Gasteiger partial charge in [-0.05, 0) is 35.9 Å². The van der Waals surface area contributed by atoms with E-state index < -0.39 is 29.4 Å². The molecule has 1 aliphatic heterocycles. The minimum absolute atomic E-state index is 0.319. The number of hydrogen-bond acceptors (Lipinski definition) is 5. The van der Waals surface area contributed by atoms with Gasteiger partial charge < -0.3 is 0 Å². The highest BCUT2D eigenvalue weighted by molar-refractivity contribution is 9.10. The van der Waals surface area contributed by atoms with Crippen LogP contribution in [0.5, 0.6) is 0 Å². The lowest BCUT2D eigenvalue weighted by molar-refractivity contribution is -0.135. The lowest BCUT2D eigenvalue weighted by Crippen LogP contribution is -2.31. The summed E-state index contributed by atoms with van der Waals surface area (Å²) in [4.78, 5) is 48.6. The maximum atomic E-state index is 13.3. The minimum Gasteiger partial charge on any atom is -0.293 e. The fourth-order valence-corrected chi connectivity index (χ4v) is 3.79. The van der Waals surface area contributed by atoms with Crippen LogP contribution in [0, 0.1) is 5.92 Å². The van der Waals surface area contributed by atoms with E-state index in [1.165, 1.54) is 11.1 Å². The molecule has 28 heavy (non-hydrogen) atoms. The topological polar surface area (TPSA) is 80.2 Å². The first-order valence-corrected chi connectivity index (χ1v) is 9.35. The SMILES string of the molecule is O=C1C(=O)N(c2ccccn2)C(c2cccnc2)C1C(=O)c1cccc(Br)c1. The van der Waals surface area contributed by atoms with Crippen molar-refractivity contribution in [3.05, 3.63) is 88.8 Å². The minimum atomic E-state index is -1.17. The quantitative estimate of drug-likeness (QED) is 0.356. The molecular formula is C21H14BrN3O3. The Morgan fingerprint density at radius 1 is 1.00 bits per heavy atom. The summed E-state index contributed by atoms with van der Waals surface area (Å²) >= 11 is 3.34. The summed E-state index contributed by atoms with van der Waals surface area (Å²) in [7, 11) is 0. The number of carbonyl (C=O) groups is 3. The van der Waals surface area contributed by atoms with Crippen LogP contribution in [0.15, 0.2) is 77.7 Å². The van der Waals surface area contributed by atoms with Crippen LogP contribution in [0.1, 0.15) is 22.0 Å². The van der Waals surface area contributed by atoms with Crippen molar-refractivity contribution in [2.75, 3.05) is 4.90 Å². The standard InChI is InChI=1S/C21H14BrN3O3/c22-15-7-3-5-13(11-15)19(26)17-18(14-6-4-9-23-12-14)25(21(28)20(17)27)16-8-1-2-10-24-16/h1-12,17-18H. The van der Waals surface area contributed by atoms with Gasteiger partial charge in [0, 0.05) is 28.6 Å². The summed E-state index contributed by atoms with van der Waals surface area (Å²) in [5.74, 6) is -2.76. The van der Waals surface area contributed by atoms with Crippen LogP contribution in [0.3, 0.4) is 0 Å². The van der Waals surface area contributed by atoms with Crippen molar-refractivity contribution < 1.29 is 14.4 Å². The molecule has 1 aliphatic rings. The van der Waals surface area contributed by atoms with Gasteiger partial charge in [0.25, 0.3) is 5.91 Å². The second-order valence-electron chi connectivity index (χ2n) is 6.31. The number of Topliss-reactive ketones (excluding diaryl/α,β-unsaturated/α-hetero) is 2. The van der Waals surface area contributed by atoms with Gasteiger partial charge in [0.1, 0.15) is 11.7 Å². The van der Waals surface area contributed by atoms with Crippen LogP contribution >= 0.6 is 15.9 Å². The Labute approximate surface area is 169 Å². The number of anilines is 1. The average molecular weight is 436 g/mol. The molecule has 1 fully saturated rings. The highest BCUT2D eigenvalue weighted by atomic mass is 79.9. The Bertz CT molecular complexity index is 1060. The molecule has 0 saturated carbocycles. The predicted octanol–water partition coefficient (Wildman–Crippen LogP) is 3.40. The van der Waals surface area contributed by atoms with Crippen molar-refractivity contribution >= 4 is 39.2 Å². The van der Waals surface area contributed by atoms with Gasteiger partial charge in [0.2, 0.25) is 5.78 Å². The molecule has 1 saturated heterocycles. The third-order valence-electron chi connectivity index (χ3n) is 4.62. The molecule has 2 unspecified atom stereocenters. The Kier molecular flexibility index (Phi) is 4.83. The largest absolute Gasteiger partial charge is 0.297 e. The Morgan fingerprint density at radius 3 is 2.54 bits per heavy atom. The first kappa shape index (κ1) is 18.2. The molecule has 0 N–H and O–H groups in total. The van der Waals surface area contributed by atoms with E-state index in [2.05, 4.69) is 25.9 Å². The summed E-state index contributed by atoms with van der Waals surface area (Å²) in [6.45, 7) is 0. The van der Waals surface area contributed by atoms with E-state index in [1.54, 1.807) is 67.0 Å². The smallest absolute Gasteiger partial charge is 0.293 e. The molecule has 1 amide bonds. The molecule has 0 aliphatic carbocycles. The van der Waals surface area contributed by atoms with Crippen LogP contribution in [0.25, 0.3) is 0 Å². The van der Waals surface area contributed by atoms with Crippen molar-refractivity contribution in [2.24, 2.45) is 5.92 Å². The number of halogens is 1. The number of ketones is 2. The Balaban J connectivity index is 1.85. The van der Waals surface area contributed by atoms with Gasteiger partial charge in [-0.2, -0.15) is 0 Å². The normalized spacial score (nSPS) is 19.1. The number of carbonyl (C=O) groups excluding carboxylic acids is 3. The van der Waals surface area contributed by atoms with Gasteiger partial charge in [-0.3, -0.25) is 24.3 Å². The van der Waals surface area contributed by atoms with E-state index in [9.17, 15) is 14.4 Å². The van der Waals surface area contributed by atoms with Gasteiger partial charge in [-0.1, -0.05) is 40.2 Å². The monoisotopic (exact) mass is 435 g/mol. The first-order valence-electron chi connectivity index (χ1n) is 8.56. The number of nitrogens with zero attached hydrogens (tertiary/aromatic N) is 3. The molecule has 3 aromatic rings. The van der Waals surface area contributed by atoms with E-state index in [-0.39, 0.29) is 0 Å². The fraction of sp³-hybridized carbons (Fsp3) is 0.0952. The summed E-state index contributed by atoms with van der Waals surface area (Å²) < 4.78 is 0.717. The van der Waals surface area contributed by atoms with Gasteiger partial charge in [0.15, 0.2) is 5.78 Å². The number of pyridine rings is 2. The highest BCUT2D eigenvalue weighted by Gasteiger charge is 2.52. The molecule has 4 rings (SSSR count). The molecule has 0 bridgehead atoms. The molecular weight excluding hydrogens is 422 g/mol. The molecule has 1 aromatic carbocycles. The van der Waals surface area contributed by atoms with Gasteiger partial charge >= 0.3 is 0 Å². The molecule has 0 radical (unpaired) electrons. The number of hydrogen-bond donors (Lipinski definition) is 0. The molecule has 7 heteroatoms. The molecule has 138 valence electrons. The third-order valence-corrected chi connectivity index (χ3v) is 5.11. The summed E-state index contributed by atoms with van der Waals surface area (Å²) in [5, 5.41) is 0. The molecule has 3 heterocycles. The zero-order valence-corrected chi connectivity index (χ0v) is 16.1.